The Bertz CT molecular complexity index is 309. The van der Waals surface area contributed by atoms with Crippen LogP contribution in [0.25, 0.3) is 0 Å². The zero-order chi connectivity index (χ0) is 13.2. The zero-order valence-corrected chi connectivity index (χ0v) is 9.68. The van der Waals surface area contributed by atoms with Gasteiger partial charge in [-0.2, -0.15) is 0 Å². The van der Waals surface area contributed by atoms with E-state index in [0.29, 0.717) is 0 Å². The lowest BCUT2D eigenvalue weighted by Gasteiger charge is -2.38. The summed E-state index contributed by atoms with van der Waals surface area (Å²) in [6.07, 6.45) is -7.93. The van der Waals surface area contributed by atoms with Gasteiger partial charge in [-0.15, -0.1) is 0 Å². The molecule has 7 heteroatoms. The fraction of sp³-hybridized carbons (Fsp3) is 0.800. The van der Waals surface area contributed by atoms with Gasteiger partial charge in [0, 0.05) is 13.8 Å². The number of ether oxygens (including phenoxy) is 3. The predicted molar refractivity (Wildman–Crippen MR) is 51.4 cm³/mol. The number of rotatable bonds is 2. The van der Waals surface area contributed by atoms with Crippen LogP contribution < -0.4 is 0 Å². The van der Waals surface area contributed by atoms with Gasteiger partial charge in [0.2, 0.25) is 6.36 Å². The molecule has 0 aliphatic carbocycles. The third-order valence-corrected chi connectivity index (χ3v) is 2.30. The second-order valence-electron chi connectivity index (χ2n) is 3.78. The average Bonchev–Trinajstić information content (AvgIpc) is 2.19. The summed E-state index contributed by atoms with van der Waals surface area (Å²) in [5, 5.41) is 0. The minimum Gasteiger partial charge on any atom is -0.456 e. The van der Waals surface area contributed by atoms with Crippen molar-refractivity contribution in [2.24, 2.45) is 0 Å². The van der Waals surface area contributed by atoms with Crippen LogP contribution in [0.1, 0.15) is 20.8 Å². The van der Waals surface area contributed by atoms with Gasteiger partial charge in [0.05, 0.1) is 6.10 Å². The summed E-state index contributed by atoms with van der Waals surface area (Å²) in [5.74, 6) is -1.47. The first-order chi connectivity index (χ1) is 7.82. The van der Waals surface area contributed by atoms with Gasteiger partial charge in [0.25, 0.3) is 0 Å². The molecule has 0 amide bonds. The molecule has 0 aromatic heterocycles. The summed E-state index contributed by atoms with van der Waals surface area (Å²) >= 11 is 0. The van der Waals surface area contributed by atoms with E-state index in [4.69, 9.17) is 4.74 Å². The lowest BCUT2D eigenvalue weighted by molar-refractivity contribution is -0.249. The van der Waals surface area contributed by atoms with E-state index in [1.807, 2.05) is 0 Å². The van der Waals surface area contributed by atoms with E-state index in [1.165, 1.54) is 6.92 Å². The van der Waals surface area contributed by atoms with Crippen molar-refractivity contribution >= 4 is 11.9 Å². The van der Waals surface area contributed by atoms with E-state index < -0.39 is 42.8 Å². The molecule has 0 N–H and O–H groups in total. The molecule has 1 saturated heterocycles. The molecule has 0 radical (unpaired) electrons. The van der Waals surface area contributed by atoms with Crippen molar-refractivity contribution in [2.45, 2.75) is 51.6 Å². The molecule has 98 valence electrons. The fourth-order valence-electron chi connectivity index (χ4n) is 1.63. The maximum absolute atomic E-state index is 13.5. The van der Waals surface area contributed by atoms with Crippen LogP contribution in [-0.2, 0) is 23.8 Å². The number of alkyl halides is 2. The first kappa shape index (κ1) is 13.8. The Morgan fingerprint density at radius 1 is 1.06 bits per heavy atom. The number of carbonyl (C=O) groups is 2. The minimum atomic E-state index is -2.21. The molecular weight excluding hydrogens is 238 g/mol. The Morgan fingerprint density at radius 3 is 2.00 bits per heavy atom. The van der Waals surface area contributed by atoms with Crippen LogP contribution in [-0.4, -0.2) is 42.8 Å². The summed E-state index contributed by atoms with van der Waals surface area (Å²) in [5.41, 5.74) is 0. The molecule has 5 nitrogen and oxygen atoms in total. The van der Waals surface area contributed by atoms with Gasteiger partial charge in [-0.05, 0) is 6.92 Å². The Hall–Kier alpha value is -1.24. The normalized spacial score (nSPS) is 37.4. The Kier molecular flexibility index (Phi) is 4.39. The minimum absolute atomic E-state index is 0.688. The lowest BCUT2D eigenvalue weighted by Crippen LogP contribution is -2.56. The second kappa shape index (κ2) is 5.39. The van der Waals surface area contributed by atoms with Crippen molar-refractivity contribution in [3.05, 3.63) is 0 Å². The summed E-state index contributed by atoms with van der Waals surface area (Å²) in [7, 11) is 0. The van der Waals surface area contributed by atoms with E-state index in [2.05, 4.69) is 9.47 Å². The van der Waals surface area contributed by atoms with Crippen molar-refractivity contribution in [2.75, 3.05) is 0 Å². The molecular formula is C10H14F2O5. The Balaban J connectivity index is 2.86. The highest BCUT2D eigenvalue weighted by molar-refractivity contribution is 5.67. The van der Waals surface area contributed by atoms with Crippen LogP contribution in [0, 0.1) is 0 Å². The quantitative estimate of drug-likeness (QED) is 0.683. The highest BCUT2D eigenvalue weighted by Crippen LogP contribution is 2.28. The van der Waals surface area contributed by atoms with Gasteiger partial charge in [-0.1, -0.05) is 0 Å². The van der Waals surface area contributed by atoms with Crippen LogP contribution in [0.5, 0.6) is 0 Å². The van der Waals surface area contributed by atoms with E-state index in [9.17, 15) is 18.4 Å². The predicted octanol–water partition coefficient (Wildman–Crippen LogP) is 0.902. The Morgan fingerprint density at radius 2 is 1.53 bits per heavy atom. The van der Waals surface area contributed by atoms with Crippen molar-refractivity contribution < 1.29 is 32.6 Å². The third kappa shape index (κ3) is 3.36. The maximum atomic E-state index is 13.5. The highest BCUT2D eigenvalue weighted by atomic mass is 19.2. The maximum Gasteiger partial charge on any atom is 0.303 e. The van der Waals surface area contributed by atoms with Crippen LogP contribution in [0.15, 0.2) is 0 Å². The molecule has 1 aliphatic rings. The number of carbonyl (C=O) groups excluding carboxylic acids is 2. The topological polar surface area (TPSA) is 61.8 Å². The highest BCUT2D eigenvalue weighted by Gasteiger charge is 2.49. The average molecular weight is 252 g/mol. The number of hydrogen-bond acceptors (Lipinski definition) is 5. The summed E-state index contributed by atoms with van der Waals surface area (Å²) in [6, 6.07) is 0. The number of esters is 2. The third-order valence-electron chi connectivity index (χ3n) is 2.30. The van der Waals surface area contributed by atoms with Gasteiger partial charge in [0.1, 0.15) is 0 Å². The molecule has 0 saturated carbocycles. The first-order valence-corrected chi connectivity index (χ1v) is 5.11. The van der Waals surface area contributed by atoms with Crippen LogP contribution in [0.3, 0.4) is 0 Å². The SMILES string of the molecule is CC(=O)OC1[C@H](OC(C)=O)C(C)O[C@H](F)[C@H]1F. The molecule has 5 atom stereocenters. The first-order valence-electron chi connectivity index (χ1n) is 5.11. The largest absolute Gasteiger partial charge is 0.456 e. The number of hydrogen-bond donors (Lipinski definition) is 0. The zero-order valence-electron chi connectivity index (χ0n) is 9.68. The molecule has 0 bridgehead atoms. The van der Waals surface area contributed by atoms with Gasteiger partial charge >= 0.3 is 11.9 Å². The lowest BCUT2D eigenvalue weighted by atomic mass is 10.0. The molecule has 2 unspecified atom stereocenters. The fourth-order valence-corrected chi connectivity index (χ4v) is 1.63. The van der Waals surface area contributed by atoms with Crippen LogP contribution in [0.4, 0.5) is 8.78 Å². The van der Waals surface area contributed by atoms with Gasteiger partial charge in [-0.3, -0.25) is 9.59 Å². The molecule has 1 rings (SSSR count). The van der Waals surface area contributed by atoms with Crippen molar-refractivity contribution in [1.29, 1.82) is 0 Å². The molecule has 0 spiro atoms. The van der Waals surface area contributed by atoms with Crippen molar-refractivity contribution in [3.63, 3.8) is 0 Å². The van der Waals surface area contributed by atoms with E-state index in [0.717, 1.165) is 13.8 Å². The van der Waals surface area contributed by atoms with Gasteiger partial charge in [-0.25, -0.2) is 8.78 Å². The van der Waals surface area contributed by atoms with Crippen molar-refractivity contribution in [1.82, 2.24) is 0 Å². The molecule has 0 aromatic rings. The summed E-state index contributed by atoms with van der Waals surface area (Å²) in [4.78, 5) is 21.7. The Labute approximate surface area is 97.0 Å². The number of halogens is 2. The standard InChI is InChI=1S/C10H14F2O5/c1-4-8(16-5(2)13)9(17-6(3)14)7(11)10(12)15-4/h4,7-10H,1-3H3/t4?,7-,8+,9?,10-/m0/s1. The molecule has 17 heavy (non-hydrogen) atoms. The molecule has 1 aliphatic heterocycles. The van der Waals surface area contributed by atoms with Crippen molar-refractivity contribution in [3.8, 4) is 0 Å². The van der Waals surface area contributed by atoms with E-state index >= 15 is 0 Å². The van der Waals surface area contributed by atoms with E-state index in [-0.39, 0.29) is 0 Å². The monoisotopic (exact) mass is 252 g/mol. The second-order valence-corrected chi connectivity index (χ2v) is 3.78. The smallest absolute Gasteiger partial charge is 0.303 e. The molecule has 0 aromatic carbocycles. The molecule has 1 fully saturated rings. The summed E-state index contributed by atoms with van der Waals surface area (Å²) in [6.45, 7) is 3.58. The summed E-state index contributed by atoms with van der Waals surface area (Å²) < 4.78 is 40.7. The van der Waals surface area contributed by atoms with Crippen LogP contribution >= 0.6 is 0 Å². The van der Waals surface area contributed by atoms with E-state index in [1.54, 1.807) is 0 Å². The van der Waals surface area contributed by atoms with Crippen LogP contribution in [0.2, 0.25) is 0 Å². The van der Waals surface area contributed by atoms with Gasteiger partial charge < -0.3 is 14.2 Å². The van der Waals surface area contributed by atoms with Gasteiger partial charge in [0.15, 0.2) is 18.4 Å². The molecule has 1 heterocycles.